The lowest BCUT2D eigenvalue weighted by molar-refractivity contribution is 0.579. The summed E-state index contributed by atoms with van der Waals surface area (Å²) in [5, 5.41) is 18.1. The molecule has 96 valence electrons. The van der Waals surface area contributed by atoms with E-state index in [1.807, 2.05) is 12.1 Å². The van der Waals surface area contributed by atoms with Gasteiger partial charge in [0.15, 0.2) is 10.7 Å². The van der Waals surface area contributed by atoms with Gasteiger partial charge in [0.2, 0.25) is 0 Å². The summed E-state index contributed by atoms with van der Waals surface area (Å²) in [6.07, 6.45) is 1.42. The van der Waals surface area contributed by atoms with E-state index < -0.39 is 5.56 Å². The van der Waals surface area contributed by atoms with Gasteiger partial charge < -0.3 is 10.2 Å². The highest BCUT2D eigenvalue weighted by atomic mass is 32.1. The normalized spacial score (nSPS) is 10.3. The SMILES string of the molecule is N#Cc1sc2nc(-c3ccco3)c(C#N)c(=O)n2c1N. The first kappa shape index (κ1) is 12.0. The predicted molar refractivity (Wildman–Crippen MR) is 70.9 cm³/mol. The minimum Gasteiger partial charge on any atom is -0.463 e. The van der Waals surface area contributed by atoms with Crippen molar-refractivity contribution in [3.63, 3.8) is 0 Å². The van der Waals surface area contributed by atoms with Crippen LogP contribution in [0.15, 0.2) is 27.6 Å². The van der Waals surface area contributed by atoms with Gasteiger partial charge in [0, 0.05) is 0 Å². The Kier molecular flexibility index (Phi) is 2.53. The molecule has 20 heavy (non-hydrogen) atoms. The fourth-order valence-corrected chi connectivity index (χ4v) is 2.63. The van der Waals surface area contributed by atoms with Crippen LogP contribution in [0.2, 0.25) is 0 Å². The van der Waals surface area contributed by atoms with Gasteiger partial charge in [-0.2, -0.15) is 10.5 Å². The Balaban J connectivity index is 2.49. The molecule has 8 heteroatoms. The second kappa shape index (κ2) is 4.23. The van der Waals surface area contributed by atoms with E-state index in [1.54, 1.807) is 12.1 Å². The maximum atomic E-state index is 12.3. The van der Waals surface area contributed by atoms with Crippen LogP contribution >= 0.6 is 11.3 Å². The molecule has 0 saturated heterocycles. The fourth-order valence-electron chi connectivity index (χ4n) is 1.80. The van der Waals surface area contributed by atoms with E-state index in [1.165, 1.54) is 6.26 Å². The topological polar surface area (TPSA) is 121 Å². The number of hydrogen-bond acceptors (Lipinski definition) is 7. The highest BCUT2D eigenvalue weighted by molar-refractivity contribution is 7.18. The Morgan fingerprint density at radius 3 is 2.80 bits per heavy atom. The summed E-state index contributed by atoms with van der Waals surface area (Å²) >= 11 is 0.983. The Morgan fingerprint density at radius 1 is 1.40 bits per heavy atom. The standard InChI is InChI=1S/C12H5N5O2S/c13-4-6-9(7-2-1-3-19-7)16-12-17(11(6)18)10(15)8(5-14)20-12/h1-3H,15H2. The van der Waals surface area contributed by atoms with E-state index in [0.717, 1.165) is 15.7 Å². The van der Waals surface area contributed by atoms with Crippen molar-refractivity contribution in [3.05, 3.63) is 39.2 Å². The number of nitriles is 2. The van der Waals surface area contributed by atoms with E-state index in [9.17, 15) is 4.79 Å². The van der Waals surface area contributed by atoms with Gasteiger partial charge in [-0.25, -0.2) is 9.38 Å². The number of furan rings is 1. The van der Waals surface area contributed by atoms with Crippen LogP contribution in [-0.2, 0) is 0 Å². The first-order valence-electron chi connectivity index (χ1n) is 5.36. The molecule has 3 rings (SSSR count). The average Bonchev–Trinajstić information content (AvgIpc) is 3.06. The third-order valence-electron chi connectivity index (χ3n) is 2.69. The zero-order valence-corrected chi connectivity index (χ0v) is 10.6. The second-order valence-corrected chi connectivity index (χ2v) is 4.75. The van der Waals surface area contributed by atoms with E-state index in [2.05, 4.69) is 4.98 Å². The maximum Gasteiger partial charge on any atom is 0.278 e. The second-order valence-electron chi connectivity index (χ2n) is 3.78. The third-order valence-corrected chi connectivity index (χ3v) is 3.65. The quantitative estimate of drug-likeness (QED) is 0.719. The number of nitrogens with two attached hydrogens (primary N) is 1. The Hall–Kier alpha value is -3.10. The van der Waals surface area contributed by atoms with Crippen molar-refractivity contribution >= 4 is 22.1 Å². The van der Waals surface area contributed by atoms with Crippen molar-refractivity contribution in [1.82, 2.24) is 9.38 Å². The summed E-state index contributed by atoms with van der Waals surface area (Å²) in [6.45, 7) is 0. The summed E-state index contributed by atoms with van der Waals surface area (Å²) in [7, 11) is 0. The summed E-state index contributed by atoms with van der Waals surface area (Å²) in [5.74, 6) is 0.305. The molecule has 0 spiro atoms. The molecule has 0 aliphatic rings. The van der Waals surface area contributed by atoms with Crippen LogP contribution in [0.4, 0.5) is 5.82 Å². The molecule has 0 bridgehead atoms. The molecule has 0 aliphatic heterocycles. The number of aromatic nitrogens is 2. The van der Waals surface area contributed by atoms with Crippen molar-refractivity contribution in [1.29, 1.82) is 10.5 Å². The van der Waals surface area contributed by atoms with Crippen molar-refractivity contribution < 1.29 is 4.42 Å². The number of nitrogens with zero attached hydrogens (tertiary/aromatic N) is 4. The highest BCUT2D eigenvalue weighted by Crippen LogP contribution is 2.26. The van der Waals surface area contributed by atoms with Gasteiger partial charge in [0.05, 0.1) is 6.26 Å². The summed E-state index contributed by atoms with van der Waals surface area (Å²) in [4.78, 5) is 16.9. The molecule has 0 aromatic carbocycles. The van der Waals surface area contributed by atoms with Crippen LogP contribution in [-0.4, -0.2) is 9.38 Å². The molecule has 7 nitrogen and oxygen atoms in total. The molecular weight excluding hydrogens is 278 g/mol. The molecule has 3 aromatic heterocycles. The first-order chi connectivity index (χ1) is 9.67. The van der Waals surface area contributed by atoms with Gasteiger partial charge in [-0.3, -0.25) is 4.79 Å². The van der Waals surface area contributed by atoms with Gasteiger partial charge in [-0.15, -0.1) is 0 Å². The molecule has 0 saturated carbocycles. The van der Waals surface area contributed by atoms with Gasteiger partial charge in [0.25, 0.3) is 5.56 Å². The van der Waals surface area contributed by atoms with Gasteiger partial charge >= 0.3 is 0 Å². The molecule has 3 heterocycles. The molecule has 0 radical (unpaired) electrons. The number of nitrogen functional groups attached to an aromatic ring is 1. The minimum atomic E-state index is -0.612. The van der Waals surface area contributed by atoms with E-state index in [0.29, 0.717) is 5.76 Å². The number of rotatable bonds is 1. The van der Waals surface area contributed by atoms with Crippen LogP contribution in [0, 0.1) is 22.7 Å². The first-order valence-corrected chi connectivity index (χ1v) is 6.18. The van der Waals surface area contributed by atoms with Crippen LogP contribution < -0.4 is 11.3 Å². The Labute approximate surface area is 115 Å². The number of hydrogen-bond donors (Lipinski definition) is 1. The van der Waals surface area contributed by atoms with E-state index in [4.69, 9.17) is 20.7 Å². The van der Waals surface area contributed by atoms with E-state index in [-0.39, 0.29) is 26.9 Å². The van der Waals surface area contributed by atoms with Crippen LogP contribution in [0.1, 0.15) is 10.4 Å². The van der Waals surface area contributed by atoms with Gasteiger partial charge in [0.1, 0.15) is 34.1 Å². The van der Waals surface area contributed by atoms with Crippen LogP contribution in [0.3, 0.4) is 0 Å². The molecular formula is C12H5N5O2S. The number of fused-ring (bicyclic) bond motifs is 1. The molecule has 0 aliphatic carbocycles. The Bertz CT molecular complexity index is 953. The maximum absolute atomic E-state index is 12.3. The van der Waals surface area contributed by atoms with Crippen molar-refractivity contribution in [2.45, 2.75) is 0 Å². The summed E-state index contributed by atoms with van der Waals surface area (Å²) in [5.41, 5.74) is 5.08. The molecule has 0 amide bonds. The number of thiazole rings is 1. The molecule has 2 N–H and O–H groups in total. The van der Waals surface area contributed by atoms with Crippen LogP contribution in [0.25, 0.3) is 16.4 Å². The lowest BCUT2D eigenvalue weighted by Gasteiger charge is -2.01. The molecule has 0 unspecified atom stereocenters. The Morgan fingerprint density at radius 2 is 2.20 bits per heavy atom. The van der Waals surface area contributed by atoms with Crippen molar-refractivity contribution in [2.75, 3.05) is 5.73 Å². The van der Waals surface area contributed by atoms with Crippen molar-refractivity contribution in [3.8, 4) is 23.6 Å². The fraction of sp³-hybridized carbons (Fsp3) is 0. The van der Waals surface area contributed by atoms with Crippen LogP contribution in [0.5, 0.6) is 0 Å². The largest absolute Gasteiger partial charge is 0.463 e. The zero-order chi connectivity index (χ0) is 14.3. The number of anilines is 1. The lowest BCUT2D eigenvalue weighted by Crippen LogP contribution is -2.20. The van der Waals surface area contributed by atoms with E-state index >= 15 is 0 Å². The summed E-state index contributed by atoms with van der Waals surface area (Å²) in [6, 6.07) is 6.93. The van der Waals surface area contributed by atoms with Gasteiger partial charge in [-0.1, -0.05) is 11.3 Å². The van der Waals surface area contributed by atoms with Crippen molar-refractivity contribution in [2.24, 2.45) is 0 Å². The van der Waals surface area contributed by atoms with Gasteiger partial charge in [-0.05, 0) is 12.1 Å². The third kappa shape index (κ3) is 1.49. The minimum absolute atomic E-state index is 0.00695. The molecule has 0 fully saturated rings. The smallest absolute Gasteiger partial charge is 0.278 e. The average molecular weight is 283 g/mol. The molecule has 3 aromatic rings. The highest BCUT2D eigenvalue weighted by Gasteiger charge is 2.20. The lowest BCUT2D eigenvalue weighted by atomic mass is 10.2. The monoisotopic (exact) mass is 283 g/mol. The predicted octanol–water partition coefficient (Wildman–Crippen LogP) is 1.34. The zero-order valence-electron chi connectivity index (χ0n) is 9.82. The summed E-state index contributed by atoms with van der Waals surface area (Å²) < 4.78 is 6.24. The molecule has 0 atom stereocenters.